The first-order valence-corrected chi connectivity index (χ1v) is 8.70. The van der Waals surface area contributed by atoms with Crippen LogP contribution in [0.1, 0.15) is 10.4 Å². The second kappa shape index (κ2) is 6.06. The Morgan fingerprint density at radius 3 is 2.71 bits per heavy atom. The summed E-state index contributed by atoms with van der Waals surface area (Å²) in [6.07, 6.45) is 0. The predicted molar refractivity (Wildman–Crippen MR) is 86.7 cm³/mol. The van der Waals surface area contributed by atoms with Crippen molar-refractivity contribution in [1.82, 2.24) is 8.75 Å². The zero-order valence-corrected chi connectivity index (χ0v) is 13.9. The second-order valence-corrected chi connectivity index (χ2v) is 6.70. The summed E-state index contributed by atoms with van der Waals surface area (Å²) in [5, 5.41) is 0. The maximum Gasteiger partial charge on any atom is 0.341 e. The van der Waals surface area contributed by atoms with E-state index < -0.39 is 16.0 Å². The Labute approximate surface area is 141 Å². The lowest BCUT2D eigenvalue weighted by Gasteiger charge is -2.11. The summed E-state index contributed by atoms with van der Waals surface area (Å²) in [4.78, 5) is 11.4. The molecule has 0 saturated heterocycles. The number of benzene rings is 2. The summed E-state index contributed by atoms with van der Waals surface area (Å²) in [5.74, 6) is -0.725. The van der Waals surface area contributed by atoms with Gasteiger partial charge in [-0.1, -0.05) is 6.07 Å². The van der Waals surface area contributed by atoms with Crippen molar-refractivity contribution in [2.75, 3.05) is 7.11 Å². The summed E-state index contributed by atoms with van der Waals surface area (Å²) in [5.41, 5.74) is 5.82. The van der Waals surface area contributed by atoms with Crippen LogP contribution in [-0.4, -0.2) is 30.2 Å². The molecule has 0 aliphatic carbocycles. The molecule has 0 unspecified atom stereocenters. The fourth-order valence-electron chi connectivity index (χ4n) is 2.05. The van der Waals surface area contributed by atoms with Crippen LogP contribution in [0.2, 0.25) is 0 Å². The first kappa shape index (κ1) is 16.1. The average Bonchev–Trinajstić information content (AvgIpc) is 3.02. The number of amides is 1. The van der Waals surface area contributed by atoms with Gasteiger partial charge in [0.15, 0.2) is 5.75 Å². The first-order chi connectivity index (χ1) is 11.4. The van der Waals surface area contributed by atoms with Crippen molar-refractivity contribution in [1.29, 1.82) is 0 Å². The van der Waals surface area contributed by atoms with Gasteiger partial charge in [0.05, 0.1) is 24.4 Å². The maximum atomic E-state index is 12.6. The number of primary amides is 1. The van der Waals surface area contributed by atoms with Crippen LogP contribution in [0.25, 0.3) is 11.0 Å². The van der Waals surface area contributed by atoms with E-state index in [1.807, 2.05) is 0 Å². The van der Waals surface area contributed by atoms with E-state index in [1.165, 1.54) is 37.4 Å². The van der Waals surface area contributed by atoms with Crippen LogP contribution >= 0.6 is 11.7 Å². The van der Waals surface area contributed by atoms with E-state index in [0.29, 0.717) is 11.3 Å². The zero-order chi connectivity index (χ0) is 17.3. The van der Waals surface area contributed by atoms with E-state index in [0.717, 1.165) is 11.7 Å². The molecule has 0 spiro atoms. The Kier molecular flexibility index (Phi) is 4.08. The SMILES string of the molecule is COc1ccc(C(N)=O)c(OS(=O)(=O)c2cccc3nsnc23)c1. The van der Waals surface area contributed by atoms with Crippen molar-refractivity contribution in [3.8, 4) is 11.5 Å². The molecule has 124 valence electrons. The molecule has 0 bridgehead atoms. The molecular formula is C14H11N3O5S2. The Hall–Kier alpha value is -2.72. The Morgan fingerprint density at radius 2 is 2.00 bits per heavy atom. The molecule has 0 atom stereocenters. The number of ether oxygens (including phenoxy) is 1. The molecule has 0 radical (unpaired) electrons. The minimum Gasteiger partial charge on any atom is -0.497 e. The molecule has 8 nitrogen and oxygen atoms in total. The lowest BCUT2D eigenvalue weighted by Crippen LogP contribution is -2.16. The van der Waals surface area contributed by atoms with E-state index in [2.05, 4.69) is 8.75 Å². The quantitative estimate of drug-likeness (QED) is 0.681. The molecule has 0 saturated carbocycles. The van der Waals surface area contributed by atoms with Gasteiger partial charge in [0.2, 0.25) is 0 Å². The van der Waals surface area contributed by atoms with Crippen molar-refractivity contribution in [2.45, 2.75) is 4.90 Å². The number of carbonyl (C=O) groups excluding carboxylic acids is 1. The average molecular weight is 365 g/mol. The zero-order valence-electron chi connectivity index (χ0n) is 12.3. The number of methoxy groups -OCH3 is 1. The fraction of sp³-hybridized carbons (Fsp3) is 0.0714. The van der Waals surface area contributed by atoms with E-state index in [-0.39, 0.29) is 21.7 Å². The molecule has 2 aromatic carbocycles. The van der Waals surface area contributed by atoms with E-state index in [4.69, 9.17) is 14.7 Å². The lowest BCUT2D eigenvalue weighted by molar-refractivity contribution is 0.0999. The first-order valence-electron chi connectivity index (χ1n) is 6.56. The third-order valence-corrected chi connectivity index (χ3v) is 4.98. The van der Waals surface area contributed by atoms with Gasteiger partial charge in [-0.2, -0.15) is 17.2 Å². The molecule has 2 N–H and O–H groups in total. The summed E-state index contributed by atoms with van der Waals surface area (Å²) in [6, 6.07) is 8.60. The highest BCUT2D eigenvalue weighted by atomic mass is 32.2. The Bertz CT molecular complexity index is 1030. The highest BCUT2D eigenvalue weighted by molar-refractivity contribution is 7.87. The van der Waals surface area contributed by atoms with Crippen molar-refractivity contribution in [3.05, 3.63) is 42.0 Å². The van der Waals surface area contributed by atoms with Gasteiger partial charge < -0.3 is 14.7 Å². The number of nitrogens with two attached hydrogens (primary N) is 1. The Morgan fingerprint density at radius 1 is 1.21 bits per heavy atom. The molecule has 0 aliphatic rings. The van der Waals surface area contributed by atoms with Gasteiger partial charge in [0.1, 0.15) is 21.7 Å². The van der Waals surface area contributed by atoms with Crippen LogP contribution in [0.15, 0.2) is 41.3 Å². The number of rotatable bonds is 5. The minimum atomic E-state index is -4.25. The van der Waals surface area contributed by atoms with Gasteiger partial charge in [-0.25, -0.2) is 0 Å². The second-order valence-electron chi connectivity index (χ2n) is 4.65. The number of fused-ring (bicyclic) bond motifs is 1. The lowest BCUT2D eigenvalue weighted by atomic mass is 10.2. The summed E-state index contributed by atoms with van der Waals surface area (Å²) in [6.45, 7) is 0. The highest BCUT2D eigenvalue weighted by Crippen LogP contribution is 2.29. The summed E-state index contributed by atoms with van der Waals surface area (Å²) >= 11 is 0.889. The van der Waals surface area contributed by atoms with Crippen LogP contribution in [-0.2, 0) is 10.1 Å². The minimum absolute atomic E-state index is 0.0806. The molecule has 3 aromatic rings. The van der Waals surface area contributed by atoms with Gasteiger partial charge in [-0.3, -0.25) is 4.79 Å². The topological polar surface area (TPSA) is 121 Å². The molecule has 0 aliphatic heterocycles. The van der Waals surface area contributed by atoms with E-state index in [9.17, 15) is 13.2 Å². The molecule has 3 rings (SSSR count). The number of hydrogen-bond donors (Lipinski definition) is 1. The normalized spacial score (nSPS) is 11.4. The van der Waals surface area contributed by atoms with Crippen molar-refractivity contribution in [3.63, 3.8) is 0 Å². The summed E-state index contributed by atoms with van der Waals surface area (Å²) < 4.78 is 43.3. The van der Waals surface area contributed by atoms with E-state index >= 15 is 0 Å². The van der Waals surface area contributed by atoms with Crippen molar-refractivity contribution < 1.29 is 22.1 Å². The maximum absolute atomic E-state index is 12.6. The van der Waals surface area contributed by atoms with Crippen LogP contribution in [0.3, 0.4) is 0 Å². The van der Waals surface area contributed by atoms with Gasteiger partial charge in [-0.15, -0.1) is 0 Å². The van der Waals surface area contributed by atoms with Crippen LogP contribution in [0.4, 0.5) is 0 Å². The van der Waals surface area contributed by atoms with Crippen LogP contribution in [0.5, 0.6) is 11.5 Å². The van der Waals surface area contributed by atoms with Gasteiger partial charge in [-0.05, 0) is 24.3 Å². The smallest absolute Gasteiger partial charge is 0.341 e. The largest absolute Gasteiger partial charge is 0.497 e. The summed E-state index contributed by atoms with van der Waals surface area (Å²) in [7, 11) is -2.85. The predicted octanol–water partition coefficient (Wildman–Crippen LogP) is 1.57. The number of nitrogens with zero attached hydrogens (tertiary/aromatic N) is 2. The number of aromatic nitrogens is 2. The molecule has 1 amide bonds. The molecule has 24 heavy (non-hydrogen) atoms. The van der Waals surface area contributed by atoms with Crippen molar-refractivity contribution in [2.24, 2.45) is 5.73 Å². The third kappa shape index (κ3) is 2.88. The fourth-order valence-corrected chi connectivity index (χ4v) is 3.75. The molecule has 1 aromatic heterocycles. The van der Waals surface area contributed by atoms with Gasteiger partial charge in [0, 0.05) is 6.07 Å². The van der Waals surface area contributed by atoms with Crippen LogP contribution in [0, 0.1) is 0 Å². The highest BCUT2D eigenvalue weighted by Gasteiger charge is 2.24. The molecule has 0 fully saturated rings. The molecule has 1 heterocycles. The number of carbonyl (C=O) groups is 1. The molecular weight excluding hydrogens is 354 g/mol. The monoisotopic (exact) mass is 365 g/mol. The number of hydrogen-bond acceptors (Lipinski definition) is 8. The van der Waals surface area contributed by atoms with E-state index in [1.54, 1.807) is 6.07 Å². The van der Waals surface area contributed by atoms with Gasteiger partial charge >= 0.3 is 10.1 Å². The van der Waals surface area contributed by atoms with Crippen molar-refractivity contribution >= 4 is 38.8 Å². The third-order valence-electron chi connectivity index (χ3n) is 3.17. The van der Waals surface area contributed by atoms with Gasteiger partial charge in [0.25, 0.3) is 5.91 Å². The molecule has 10 heteroatoms. The van der Waals surface area contributed by atoms with Crippen LogP contribution < -0.4 is 14.7 Å². The standard InChI is InChI=1S/C14H11N3O5S2/c1-21-8-5-6-9(14(15)18)11(7-8)22-24(19,20)12-4-2-3-10-13(12)17-23-16-10/h2-7H,1H3,(H2,15,18). The Balaban J connectivity index is 2.10.